The SMILES string of the molecule is COCCOCC1=C(C(=O)O)N2C(=O)C(NC(=O)CC(=O)CBr)[C@H]2SC1C(C)OC(=O)C(C)(C)C. The Morgan fingerprint density at radius 3 is 2.43 bits per heavy atom. The molecule has 13 heteroatoms. The summed E-state index contributed by atoms with van der Waals surface area (Å²) in [6.45, 7) is 7.12. The molecule has 3 unspecified atom stereocenters. The van der Waals surface area contributed by atoms with Crippen molar-refractivity contribution in [3.8, 4) is 0 Å². The van der Waals surface area contributed by atoms with Crippen LogP contribution in [0.25, 0.3) is 0 Å². The second-order valence-electron chi connectivity index (χ2n) is 9.13. The van der Waals surface area contributed by atoms with Crippen molar-refractivity contribution in [2.45, 2.75) is 56.9 Å². The summed E-state index contributed by atoms with van der Waals surface area (Å²) in [5, 5.41) is 11.1. The summed E-state index contributed by atoms with van der Waals surface area (Å²) in [4.78, 5) is 62.6. The number of carboxylic acid groups (broad SMARTS) is 1. The topological polar surface area (TPSA) is 149 Å². The quantitative estimate of drug-likeness (QED) is 0.113. The lowest BCUT2D eigenvalue weighted by molar-refractivity contribution is -0.157. The van der Waals surface area contributed by atoms with Gasteiger partial charge >= 0.3 is 11.9 Å². The molecule has 2 aliphatic rings. The maximum absolute atomic E-state index is 12.9. The van der Waals surface area contributed by atoms with Crippen LogP contribution in [0.2, 0.25) is 0 Å². The molecule has 11 nitrogen and oxygen atoms in total. The molecular formula is C22H31BrN2O9S. The fourth-order valence-electron chi connectivity index (χ4n) is 3.46. The Morgan fingerprint density at radius 2 is 1.89 bits per heavy atom. The highest BCUT2D eigenvalue weighted by Gasteiger charge is 2.57. The molecule has 1 saturated heterocycles. The van der Waals surface area contributed by atoms with Crippen molar-refractivity contribution in [2.24, 2.45) is 5.41 Å². The summed E-state index contributed by atoms with van der Waals surface area (Å²) >= 11 is 4.18. The summed E-state index contributed by atoms with van der Waals surface area (Å²) in [6, 6.07) is -1.02. The van der Waals surface area contributed by atoms with Gasteiger partial charge in [0.25, 0.3) is 5.91 Å². The van der Waals surface area contributed by atoms with Gasteiger partial charge in [0.15, 0.2) is 5.78 Å². The Balaban J connectivity index is 2.36. The van der Waals surface area contributed by atoms with Crippen molar-refractivity contribution in [1.29, 1.82) is 0 Å². The molecule has 0 radical (unpaired) electrons. The van der Waals surface area contributed by atoms with Gasteiger partial charge in [-0.1, -0.05) is 15.9 Å². The fourth-order valence-corrected chi connectivity index (χ4v) is 5.26. The first-order valence-electron chi connectivity index (χ1n) is 10.9. The van der Waals surface area contributed by atoms with Crippen molar-refractivity contribution in [3.63, 3.8) is 0 Å². The summed E-state index contributed by atoms with van der Waals surface area (Å²) in [5.74, 6) is -3.40. The molecule has 1 fully saturated rings. The Bertz CT molecular complexity index is 902. The summed E-state index contributed by atoms with van der Waals surface area (Å²) in [6.07, 6.45) is -1.17. The zero-order valence-electron chi connectivity index (χ0n) is 20.3. The maximum Gasteiger partial charge on any atom is 0.352 e. The number of ether oxygens (including phenoxy) is 3. The number of aliphatic carboxylic acids is 1. The van der Waals surface area contributed by atoms with E-state index in [9.17, 15) is 29.1 Å². The number of carboxylic acids is 1. The molecule has 2 heterocycles. The number of fused-ring (bicyclic) bond motifs is 1. The van der Waals surface area contributed by atoms with Gasteiger partial charge in [-0.3, -0.25) is 24.1 Å². The maximum atomic E-state index is 12.9. The second-order valence-corrected chi connectivity index (χ2v) is 11.0. The minimum Gasteiger partial charge on any atom is -0.477 e. The van der Waals surface area contributed by atoms with E-state index >= 15 is 0 Å². The van der Waals surface area contributed by atoms with E-state index in [1.54, 1.807) is 27.7 Å². The van der Waals surface area contributed by atoms with Crippen LogP contribution in [0, 0.1) is 5.41 Å². The molecule has 2 amide bonds. The first-order chi connectivity index (χ1) is 16.3. The van der Waals surface area contributed by atoms with Crippen LogP contribution in [0.1, 0.15) is 34.1 Å². The van der Waals surface area contributed by atoms with E-state index in [-0.39, 0.29) is 42.2 Å². The van der Waals surface area contributed by atoms with Gasteiger partial charge in [-0.15, -0.1) is 11.8 Å². The van der Waals surface area contributed by atoms with E-state index in [0.29, 0.717) is 0 Å². The molecule has 35 heavy (non-hydrogen) atoms. The number of halogens is 1. The normalized spacial score (nSPS) is 22.7. The first-order valence-corrected chi connectivity index (χ1v) is 13.0. The summed E-state index contributed by atoms with van der Waals surface area (Å²) < 4.78 is 16.2. The third-order valence-electron chi connectivity index (χ3n) is 5.26. The van der Waals surface area contributed by atoms with Gasteiger partial charge in [-0.05, 0) is 27.7 Å². The molecule has 2 aliphatic heterocycles. The highest BCUT2D eigenvalue weighted by Crippen LogP contribution is 2.46. The average molecular weight is 579 g/mol. The molecule has 2 N–H and O–H groups in total. The number of nitrogens with one attached hydrogen (secondary N) is 1. The highest BCUT2D eigenvalue weighted by atomic mass is 79.9. The Morgan fingerprint density at radius 1 is 1.23 bits per heavy atom. The van der Waals surface area contributed by atoms with Crippen molar-refractivity contribution >= 4 is 57.2 Å². The molecule has 0 aromatic rings. The Hall–Kier alpha value is -1.96. The van der Waals surface area contributed by atoms with Crippen LogP contribution < -0.4 is 5.32 Å². The number of methoxy groups -OCH3 is 1. The monoisotopic (exact) mass is 578 g/mol. The number of amides is 2. The number of thioether (sulfide) groups is 1. The van der Waals surface area contributed by atoms with Gasteiger partial charge in [-0.2, -0.15) is 0 Å². The third-order valence-corrected chi connectivity index (χ3v) is 7.61. The highest BCUT2D eigenvalue weighted by molar-refractivity contribution is 9.09. The molecule has 196 valence electrons. The molecule has 0 aromatic heterocycles. The zero-order chi connectivity index (χ0) is 26.5. The van der Waals surface area contributed by atoms with E-state index in [0.717, 1.165) is 4.90 Å². The number of nitrogens with zero attached hydrogens (tertiary/aromatic N) is 1. The summed E-state index contributed by atoms with van der Waals surface area (Å²) in [7, 11) is 1.50. The van der Waals surface area contributed by atoms with Crippen molar-refractivity contribution in [2.75, 3.05) is 32.3 Å². The number of β-lactam (4-membered cyclic amide) rings is 1. The number of ketones is 1. The Labute approximate surface area is 216 Å². The smallest absolute Gasteiger partial charge is 0.352 e. The molecule has 0 aliphatic carbocycles. The predicted octanol–water partition coefficient (Wildman–Crippen LogP) is 1.09. The number of hydrogen-bond acceptors (Lipinski definition) is 9. The van der Waals surface area contributed by atoms with Crippen LogP contribution in [0.5, 0.6) is 0 Å². The lowest BCUT2D eigenvalue weighted by atomic mass is 9.96. The van der Waals surface area contributed by atoms with Gasteiger partial charge in [0.1, 0.15) is 23.2 Å². The van der Waals surface area contributed by atoms with E-state index < -0.39 is 58.4 Å². The van der Waals surface area contributed by atoms with Crippen LogP contribution >= 0.6 is 27.7 Å². The zero-order valence-corrected chi connectivity index (χ0v) is 22.7. The van der Waals surface area contributed by atoms with Gasteiger partial charge in [0.2, 0.25) is 5.91 Å². The van der Waals surface area contributed by atoms with Crippen LogP contribution in [-0.2, 0) is 38.2 Å². The molecule has 0 bridgehead atoms. The van der Waals surface area contributed by atoms with Gasteiger partial charge in [-0.25, -0.2) is 4.79 Å². The van der Waals surface area contributed by atoms with E-state index in [1.807, 2.05) is 0 Å². The number of Topliss-reactive ketones (excluding diaryl/α,β-unsaturated/α-hetero) is 1. The predicted molar refractivity (Wildman–Crippen MR) is 130 cm³/mol. The van der Waals surface area contributed by atoms with Crippen LogP contribution in [0.3, 0.4) is 0 Å². The van der Waals surface area contributed by atoms with Gasteiger partial charge in [0, 0.05) is 12.7 Å². The minimum atomic E-state index is -1.34. The van der Waals surface area contributed by atoms with Crippen molar-refractivity contribution < 1.29 is 43.3 Å². The van der Waals surface area contributed by atoms with Crippen molar-refractivity contribution in [3.05, 3.63) is 11.3 Å². The van der Waals surface area contributed by atoms with E-state index in [4.69, 9.17) is 14.2 Å². The number of esters is 1. The molecule has 2 rings (SSSR count). The molecular weight excluding hydrogens is 548 g/mol. The molecule has 0 spiro atoms. The van der Waals surface area contributed by atoms with Gasteiger partial charge < -0.3 is 24.6 Å². The standard InChI is InChI=1S/C22H31BrN2O9S/c1-11(34-21(31)22(2,3)4)17-13(10-33-7-6-32-5)16(20(29)30)25-18(28)15(19(25)35-17)24-14(27)8-12(26)9-23/h11,15,17,19H,6-10H2,1-5H3,(H,24,27)(H,29,30)/t11?,15?,17?,19-/m1/s1. The van der Waals surface area contributed by atoms with E-state index in [2.05, 4.69) is 21.2 Å². The van der Waals surface area contributed by atoms with Crippen LogP contribution in [0.15, 0.2) is 11.3 Å². The average Bonchev–Trinajstić information content (AvgIpc) is 2.78. The van der Waals surface area contributed by atoms with Crippen LogP contribution in [-0.4, -0.2) is 94.6 Å². The fraction of sp³-hybridized carbons (Fsp3) is 0.682. The van der Waals surface area contributed by atoms with E-state index in [1.165, 1.54) is 18.9 Å². The summed E-state index contributed by atoms with van der Waals surface area (Å²) in [5.41, 5.74) is -0.752. The number of hydrogen-bond donors (Lipinski definition) is 2. The van der Waals surface area contributed by atoms with Gasteiger partial charge in [0.05, 0.1) is 42.2 Å². The second kappa shape index (κ2) is 12.3. The lowest BCUT2D eigenvalue weighted by Gasteiger charge is -2.52. The first kappa shape index (κ1) is 29.3. The molecule has 0 saturated carbocycles. The lowest BCUT2D eigenvalue weighted by Crippen LogP contribution is -2.71. The number of carbonyl (C=O) groups excluding carboxylic acids is 4. The number of rotatable bonds is 12. The largest absolute Gasteiger partial charge is 0.477 e. The number of carbonyl (C=O) groups is 5. The Kier molecular flexibility index (Phi) is 10.3. The third kappa shape index (κ3) is 7.05. The molecule has 4 atom stereocenters. The minimum absolute atomic E-state index is 0.000398. The van der Waals surface area contributed by atoms with Crippen molar-refractivity contribution in [1.82, 2.24) is 10.2 Å². The van der Waals surface area contributed by atoms with Crippen LogP contribution in [0.4, 0.5) is 0 Å². The molecule has 0 aromatic carbocycles. The number of alkyl halides is 1.